The number of alkyl halides is 5. The van der Waals surface area contributed by atoms with Crippen LogP contribution in [-0.2, 0) is 7.05 Å². The van der Waals surface area contributed by atoms with Crippen molar-refractivity contribution in [3.05, 3.63) is 18.0 Å². The number of aromatic nitrogens is 2. The second-order valence-electron chi connectivity index (χ2n) is 2.74. The van der Waals surface area contributed by atoms with Gasteiger partial charge in [0.15, 0.2) is 0 Å². The monoisotopic (exact) mass is 228 g/mol. The first-order valence-electron chi connectivity index (χ1n) is 3.65. The number of rotatable bonds is 2. The highest BCUT2D eigenvalue weighted by atomic mass is 19.4. The zero-order valence-corrected chi connectivity index (χ0v) is 7.35. The number of aryl methyl sites for hydroxylation is 1. The van der Waals surface area contributed by atoms with Crippen LogP contribution >= 0.6 is 0 Å². The fourth-order valence-corrected chi connectivity index (χ4v) is 0.886. The molecule has 8 heteroatoms. The van der Waals surface area contributed by atoms with Crippen LogP contribution in [0.1, 0.15) is 10.5 Å². The summed E-state index contributed by atoms with van der Waals surface area (Å²) in [6, 6.07) is 0.794. The summed E-state index contributed by atoms with van der Waals surface area (Å²) in [4.78, 5) is 10.9. The fraction of sp³-hybridized carbons (Fsp3) is 0.429. The Hall–Kier alpha value is -1.47. The molecule has 0 aliphatic heterocycles. The molecule has 1 aromatic heterocycles. The number of ketones is 1. The molecule has 0 aliphatic carbocycles. The molecule has 0 N–H and O–H groups in total. The summed E-state index contributed by atoms with van der Waals surface area (Å²) in [6.45, 7) is 0. The van der Waals surface area contributed by atoms with Crippen molar-refractivity contribution in [3.63, 3.8) is 0 Å². The molecule has 0 fully saturated rings. The molecule has 0 saturated carbocycles. The van der Waals surface area contributed by atoms with Gasteiger partial charge in [0, 0.05) is 13.2 Å². The van der Waals surface area contributed by atoms with E-state index >= 15 is 0 Å². The van der Waals surface area contributed by atoms with Crippen molar-refractivity contribution in [1.29, 1.82) is 0 Å². The minimum Gasteiger partial charge on any atom is -0.285 e. The predicted molar refractivity (Wildman–Crippen MR) is 38.5 cm³/mol. The number of hydrogen-bond donors (Lipinski definition) is 0. The molecule has 1 aromatic rings. The molecule has 0 unspecified atom stereocenters. The van der Waals surface area contributed by atoms with Crippen LogP contribution in [0.5, 0.6) is 0 Å². The number of carbonyl (C=O) groups excluding carboxylic acids is 1. The van der Waals surface area contributed by atoms with E-state index in [1.54, 1.807) is 0 Å². The predicted octanol–water partition coefficient (Wildman–Crippen LogP) is 1.80. The van der Waals surface area contributed by atoms with Gasteiger partial charge in [0.2, 0.25) is 0 Å². The van der Waals surface area contributed by atoms with Gasteiger partial charge in [-0.05, 0) is 6.07 Å². The Kier molecular flexibility index (Phi) is 2.54. The quantitative estimate of drug-likeness (QED) is 0.571. The third-order valence-corrected chi connectivity index (χ3v) is 1.69. The van der Waals surface area contributed by atoms with Crippen molar-refractivity contribution < 1.29 is 26.7 Å². The van der Waals surface area contributed by atoms with E-state index in [-0.39, 0.29) is 0 Å². The highest BCUT2D eigenvalue weighted by Gasteiger charge is 2.63. The molecule has 1 rings (SSSR count). The van der Waals surface area contributed by atoms with Gasteiger partial charge in [0.05, 0.1) is 0 Å². The topological polar surface area (TPSA) is 34.9 Å². The molecular weight excluding hydrogens is 223 g/mol. The van der Waals surface area contributed by atoms with Gasteiger partial charge in [-0.15, -0.1) is 0 Å². The fourth-order valence-electron chi connectivity index (χ4n) is 0.886. The van der Waals surface area contributed by atoms with Crippen LogP contribution in [-0.4, -0.2) is 27.7 Å². The third-order valence-electron chi connectivity index (χ3n) is 1.69. The Morgan fingerprint density at radius 1 is 1.33 bits per heavy atom. The van der Waals surface area contributed by atoms with Crippen LogP contribution in [0.4, 0.5) is 22.0 Å². The summed E-state index contributed by atoms with van der Waals surface area (Å²) < 4.78 is 61.2. The van der Waals surface area contributed by atoms with Gasteiger partial charge in [-0.3, -0.25) is 9.48 Å². The van der Waals surface area contributed by atoms with Crippen LogP contribution < -0.4 is 0 Å². The zero-order chi connectivity index (χ0) is 11.9. The third kappa shape index (κ3) is 1.83. The number of halogens is 5. The summed E-state index contributed by atoms with van der Waals surface area (Å²) in [5.74, 6) is -7.70. The second kappa shape index (κ2) is 3.28. The summed E-state index contributed by atoms with van der Waals surface area (Å²) in [5.41, 5.74) is -0.794. The molecule has 0 amide bonds. The van der Waals surface area contributed by atoms with Gasteiger partial charge >= 0.3 is 12.1 Å². The van der Waals surface area contributed by atoms with Crippen LogP contribution in [0, 0.1) is 0 Å². The van der Waals surface area contributed by atoms with Gasteiger partial charge in [-0.2, -0.15) is 27.1 Å². The van der Waals surface area contributed by atoms with Crippen molar-refractivity contribution in [2.75, 3.05) is 0 Å². The van der Waals surface area contributed by atoms with E-state index in [1.807, 2.05) is 0 Å². The van der Waals surface area contributed by atoms with Crippen molar-refractivity contribution in [3.8, 4) is 0 Å². The first-order chi connectivity index (χ1) is 6.68. The molecule has 84 valence electrons. The maximum absolute atomic E-state index is 12.6. The van der Waals surface area contributed by atoms with Crippen molar-refractivity contribution in [2.24, 2.45) is 7.05 Å². The Balaban J connectivity index is 3.11. The van der Waals surface area contributed by atoms with Crippen molar-refractivity contribution >= 4 is 5.78 Å². The molecule has 0 radical (unpaired) electrons. The lowest BCUT2D eigenvalue weighted by Gasteiger charge is -2.17. The average Bonchev–Trinajstić information content (AvgIpc) is 2.48. The summed E-state index contributed by atoms with van der Waals surface area (Å²) in [6.07, 6.45) is -4.94. The zero-order valence-electron chi connectivity index (χ0n) is 7.35. The molecule has 0 spiro atoms. The smallest absolute Gasteiger partial charge is 0.285 e. The summed E-state index contributed by atoms with van der Waals surface area (Å²) in [5, 5.41) is 3.33. The molecule has 0 atom stereocenters. The lowest BCUT2D eigenvalue weighted by atomic mass is 10.1. The molecule has 1 heterocycles. The summed E-state index contributed by atoms with van der Waals surface area (Å²) >= 11 is 0. The maximum Gasteiger partial charge on any atom is 0.461 e. The number of carbonyl (C=O) groups is 1. The van der Waals surface area contributed by atoms with E-state index < -0.39 is 23.6 Å². The Morgan fingerprint density at radius 2 is 1.87 bits per heavy atom. The van der Waals surface area contributed by atoms with Gasteiger partial charge in [-0.25, -0.2) is 0 Å². The average molecular weight is 228 g/mol. The van der Waals surface area contributed by atoms with E-state index in [0.717, 1.165) is 19.3 Å². The number of Topliss-reactive ketones (excluding diaryl/α,β-unsaturated/α-hetero) is 1. The number of hydrogen-bond acceptors (Lipinski definition) is 2. The maximum atomic E-state index is 12.6. The standard InChI is InChI=1S/C7H5F5N2O/c1-14-4(2-3-13-14)5(15)6(8,9)7(10,11)12/h2-3H,1H3. The molecule has 0 saturated heterocycles. The van der Waals surface area contributed by atoms with E-state index in [4.69, 9.17) is 0 Å². The number of nitrogens with zero attached hydrogens (tertiary/aromatic N) is 2. The normalized spacial score (nSPS) is 12.9. The van der Waals surface area contributed by atoms with E-state index in [2.05, 4.69) is 5.10 Å². The highest BCUT2D eigenvalue weighted by Crippen LogP contribution is 2.37. The first kappa shape index (κ1) is 11.6. The van der Waals surface area contributed by atoms with Gasteiger partial charge in [0.1, 0.15) is 5.69 Å². The molecular formula is C7H5F5N2O. The molecule has 15 heavy (non-hydrogen) atoms. The first-order valence-corrected chi connectivity index (χ1v) is 3.65. The minimum atomic E-state index is -5.89. The minimum absolute atomic E-state index is 0.655. The molecule has 3 nitrogen and oxygen atoms in total. The highest BCUT2D eigenvalue weighted by molar-refractivity contribution is 6.00. The van der Waals surface area contributed by atoms with Crippen LogP contribution in [0.25, 0.3) is 0 Å². The lowest BCUT2D eigenvalue weighted by Crippen LogP contribution is -2.44. The van der Waals surface area contributed by atoms with Crippen LogP contribution in [0.15, 0.2) is 12.3 Å². The summed E-state index contributed by atoms with van der Waals surface area (Å²) in [7, 11) is 1.10. The van der Waals surface area contributed by atoms with Crippen LogP contribution in [0.3, 0.4) is 0 Å². The van der Waals surface area contributed by atoms with Gasteiger partial charge in [0.25, 0.3) is 5.78 Å². The largest absolute Gasteiger partial charge is 0.461 e. The van der Waals surface area contributed by atoms with Gasteiger partial charge < -0.3 is 0 Å². The van der Waals surface area contributed by atoms with Crippen molar-refractivity contribution in [1.82, 2.24) is 9.78 Å². The SMILES string of the molecule is Cn1nccc1C(=O)C(F)(F)C(F)(F)F. The Morgan fingerprint density at radius 3 is 2.20 bits per heavy atom. The van der Waals surface area contributed by atoms with Crippen LogP contribution in [0.2, 0.25) is 0 Å². The van der Waals surface area contributed by atoms with E-state index in [1.165, 1.54) is 0 Å². The molecule has 0 bridgehead atoms. The van der Waals surface area contributed by atoms with E-state index in [0.29, 0.717) is 4.68 Å². The molecule has 0 aromatic carbocycles. The Bertz CT molecular complexity index is 381. The van der Waals surface area contributed by atoms with Crippen molar-refractivity contribution in [2.45, 2.75) is 12.1 Å². The second-order valence-corrected chi connectivity index (χ2v) is 2.74. The van der Waals surface area contributed by atoms with E-state index in [9.17, 15) is 26.7 Å². The van der Waals surface area contributed by atoms with Gasteiger partial charge in [-0.1, -0.05) is 0 Å². The Labute approximate surface area is 80.5 Å². The lowest BCUT2D eigenvalue weighted by molar-refractivity contribution is -0.256. The molecule has 0 aliphatic rings.